The van der Waals surface area contributed by atoms with E-state index in [2.05, 4.69) is 25.8 Å². The lowest BCUT2D eigenvalue weighted by atomic mass is 10.3. The quantitative estimate of drug-likeness (QED) is 0.744. The smallest absolute Gasteiger partial charge is 0.243 e. The summed E-state index contributed by atoms with van der Waals surface area (Å²) in [7, 11) is 0. The van der Waals surface area contributed by atoms with Crippen molar-refractivity contribution < 1.29 is 9.59 Å². The minimum atomic E-state index is -0.317. The van der Waals surface area contributed by atoms with Crippen LogP contribution >= 0.6 is 0 Å². The molecule has 2 amide bonds. The molecule has 2 N–H and O–H groups in total. The fourth-order valence-electron chi connectivity index (χ4n) is 2.03. The molecule has 0 aliphatic carbocycles. The zero-order valence-corrected chi connectivity index (χ0v) is 12.4. The van der Waals surface area contributed by atoms with Crippen LogP contribution in [0.5, 0.6) is 0 Å². The van der Waals surface area contributed by atoms with E-state index in [0.717, 1.165) is 5.65 Å². The number of pyridine rings is 2. The Hall–Kier alpha value is -3.29. The second-order valence-electron chi connectivity index (χ2n) is 4.84. The van der Waals surface area contributed by atoms with E-state index < -0.39 is 0 Å². The van der Waals surface area contributed by atoms with Gasteiger partial charge in [0.15, 0.2) is 11.5 Å². The summed E-state index contributed by atoms with van der Waals surface area (Å²) in [6, 6.07) is 9.09. The molecule has 0 fully saturated rings. The Balaban J connectivity index is 1.74. The highest BCUT2D eigenvalue weighted by Gasteiger charge is 2.09. The summed E-state index contributed by atoms with van der Waals surface area (Å²) in [4.78, 5) is 26.7. The molecule has 0 radical (unpaired) electrons. The van der Waals surface area contributed by atoms with Crippen LogP contribution in [0.4, 0.5) is 5.69 Å². The summed E-state index contributed by atoms with van der Waals surface area (Å²) < 4.78 is 1.83. The fraction of sp³-hybridized carbons (Fsp3) is 0.133. The number of amides is 2. The highest BCUT2D eigenvalue weighted by Crippen LogP contribution is 2.17. The zero-order chi connectivity index (χ0) is 16.2. The molecule has 0 atom stereocenters. The van der Waals surface area contributed by atoms with Crippen LogP contribution in [-0.2, 0) is 9.59 Å². The van der Waals surface area contributed by atoms with Crippen molar-refractivity contribution >= 4 is 23.1 Å². The van der Waals surface area contributed by atoms with Crippen LogP contribution in [0.3, 0.4) is 0 Å². The first kappa shape index (κ1) is 14.6. The summed E-state index contributed by atoms with van der Waals surface area (Å²) in [6.07, 6.45) is 3.39. The van der Waals surface area contributed by atoms with Crippen molar-refractivity contribution in [3.05, 3.63) is 42.7 Å². The molecule has 8 heteroatoms. The van der Waals surface area contributed by atoms with Gasteiger partial charge in [0.2, 0.25) is 11.8 Å². The summed E-state index contributed by atoms with van der Waals surface area (Å²) in [5.74, 6) is 0.0479. The lowest BCUT2D eigenvalue weighted by molar-refractivity contribution is -0.122. The first-order valence-corrected chi connectivity index (χ1v) is 6.94. The molecule has 8 nitrogen and oxygen atoms in total. The topological polar surface area (TPSA) is 101 Å². The van der Waals surface area contributed by atoms with E-state index in [0.29, 0.717) is 17.2 Å². The first-order valence-electron chi connectivity index (χ1n) is 6.94. The highest BCUT2D eigenvalue weighted by atomic mass is 16.2. The van der Waals surface area contributed by atoms with E-state index in [4.69, 9.17) is 0 Å². The van der Waals surface area contributed by atoms with Gasteiger partial charge in [-0.15, -0.1) is 10.2 Å². The molecule has 3 rings (SSSR count). The molecule has 0 spiro atoms. The molecular formula is C15H14N6O2. The largest absolute Gasteiger partial charge is 0.347 e. The maximum absolute atomic E-state index is 11.6. The lowest BCUT2D eigenvalue weighted by Gasteiger charge is -2.06. The van der Waals surface area contributed by atoms with Crippen LogP contribution in [0.2, 0.25) is 0 Å². The van der Waals surface area contributed by atoms with Gasteiger partial charge in [-0.25, -0.2) is 0 Å². The predicted molar refractivity (Wildman–Crippen MR) is 83.5 cm³/mol. The van der Waals surface area contributed by atoms with Crippen LogP contribution in [-0.4, -0.2) is 37.9 Å². The molecule has 3 aromatic heterocycles. The van der Waals surface area contributed by atoms with Crippen molar-refractivity contribution in [3.63, 3.8) is 0 Å². The normalized spacial score (nSPS) is 10.5. The Kier molecular flexibility index (Phi) is 3.96. The van der Waals surface area contributed by atoms with Crippen molar-refractivity contribution in [2.24, 2.45) is 0 Å². The number of rotatable bonds is 4. The van der Waals surface area contributed by atoms with Gasteiger partial charge in [-0.3, -0.25) is 19.0 Å². The second-order valence-corrected chi connectivity index (χ2v) is 4.84. The minimum absolute atomic E-state index is 0.0775. The molecular weight excluding hydrogens is 296 g/mol. The number of fused-ring (bicyclic) bond motifs is 1. The molecule has 0 saturated carbocycles. The molecule has 0 aliphatic heterocycles. The summed E-state index contributed by atoms with van der Waals surface area (Å²) in [6.45, 7) is 1.28. The Morgan fingerprint density at radius 2 is 2.04 bits per heavy atom. The van der Waals surface area contributed by atoms with Gasteiger partial charge in [-0.2, -0.15) is 0 Å². The molecule has 0 unspecified atom stereocenters. The average molecular weight is 310 g/mol. The van der Waals surface area contributed by atoms with Gasteiger partial charge in [-0.1, -0.05) is 6.07 Å². The van der Waals surface area contributed by atoms with E-state index in [1.165, 1.54) is 13.1 Å². The molecule has 0 aliphatic rings. The third-order valence-corrected chi connectivity index (χ3v) is 3.09. The number of nitrogens with zero attached hydrogens (tertiary/aromatic N) is 4. The van der Waals surface area contributed by atoms with Crippen molar-refractivity contribution in [1.82, 2.24) is 24.9 Å². The molecule has 0 saturated heterocycles. The van der Waals surface area contributed by atoms with E-state index in [-0.39, 0.29) is 18.4 Å². The Morgan fingerprint density at radius 1 is 1.17 bits per heavy atom. The third kappa shape index (κ3) is 3.31. The van der Waals surface area contributed by atoms with Gasteiger partial charge < -0.3 is 10.6 Å². The number of carbonyl (C=O) groups is 2. The molecule has 3 aromatic rings. The average Bonchev–Trinajstić information content (AvgIpc) is 2.98. The first-order chi connectivity index (χ1) is 11.1. The molecule has 0 aromatic carbocycles. The van der Waals surface area contributed by atoms with Gasteiger partial charge in [0.1, 0.15) is 5.69 Å². The maximum Gasteiger partial charge on any atom is 0.243 e. The predicted octanol–water partition coefficient (Wildman–Crippen LogP) is 0.866. The van der Waals surface area contributed by atoms with Gasteiger partial charge in [0.25, 0.3) is 0 Å². The fourth-order valence-corrected chi connectivity index (χ4v) is 2.03. The SMILES string of the molecule is CC(=O)NCC(=O)Nc1ccc(-c2nnc3ccccn23)nc1. The standard InChI is InChI=1S/C15H14N6O2/c1-10(22)16-9-14(23)18-11-5-6-12(17-8-11)15-20-19-13-4-2-3-7-21(13)15/h2-8H,9H2,1H3,(H,16,22)(H,18,23). The van der Waals surface area contributed by atoms with Crippen LogP contribution in [0.15, 0.2) is 42.7 Å². The van der Waals surface area contributed by atoms with Crippen LogP contribution in [0.25, 0.3) is 17.2 Å². The summed E-state index contributed by atoms with van der Waals surface area (Å²) in [5.41, 5.74) is 1.92. The van der Waals surface area contributed by atoms with Crippen molar-refractivity contribution in [1.29, 1.82) is 0 Å². The van der Waals surface area contributed by atoms with E-state index in [1.54, 1.807) is 12.1 Å². The van der Waals surface area contributed by atoms with E-state index in [9.17, 15) is 9.59 Å². The number of nitrogens with one attached hydrogen (secondary N) is 2. The Bertz CT molecular complexity index is 856. The molecule has 116 valence electrons. The number of carbonyl (C=O) groups excluding carboxylic acids is 2. The second kappa shape index (κ2) is 6.22. The van der Waals surface area contributed by atoms with Crippen LogP contribution < -0.4 is 10.6 Å². The molecule has 3 heterocycles. The number of aromatic nitrogens is 4. The Labute approximate surface area is 131 Å². The number of hydrogen-bond donors (Lipinski definition) is 2. The van der Waals surface area contributed by atoms with Crippen LogP contribution in [0.1, 0.15) is 6.92 Å². The monoisotopic (exact) mass is 310 g/mol. The molecule has 23 heavy (non-hydrogen) atoms. The van der Waals surface area contributed by atoms with Crippen molar-refractivity contribution in [3.8, 4) is 11.5 Å². The van der Waals surface area contributed by atoms with E-state index in [1.807, 2.05) is 28.8 Å². The third-order valence-electron chi connectivity index (χ3n) is 3.09. The highest BCUT2D eigenvalue weighted by molar-refractivity contribution is 5.94. The zero-order valence-electron chi connectivity index (χ0n) is 12.4. The maximum atomic E-state index is 11.6. The Morgan fingerprint density at radius 3 is 2.78 bits per heavy atom. The van der Waals surface area contributed by atoms with Gasteiger partial charge in [0.05, 0.1) is 18.4 Å². The van der Waals surface area contributed by atoms with Crippen molar-refractivity contribution in [2.75, 3.05) is 11.9 Å². The van der Waals surface area contributed by atoms with Gasteiger partial charge >= 0.3 is 0 Å². The van der Waals surface area contributed by atoms with Crippen molar-refractivity contribution in [2.45, 2.75) is 6.92 Å². The lowest BCUT2D eigenvalue weighted by Crippen LogP contribution is -2.31. The summed E-state index contributed by atoms with van der Waals surface area (Å²) in [5, 5.41) is 13.3. The van der Waals surface area contributed by atoms with Crippen LogP contribution in [0, 0.1) is 0 Å². The molecule has 0 bridgehead atoms. The van der Waals surface area contributed by atoms with Gasteiger partial charge in [-0.05, 0) is 24.3 Å². The number of hydrogen-bond acceptors (Lipinski definition) is 5. The number of anilines is 1. The summed E-state index contributed by atoms with van der Waals surface area (Å²) >= 11 is 0. The minimum Gasteiger partial charge on any atom is -0.347 e. The van der Waals surface area contributed by atoms with Gasteiger partial charge in [0, 0.05) is 13.1 Å². The van der Waals surface area contributed by atoms with E-state index >= 15 is 0 Å².